The standard InChI is InChI=1S/C13H18N2O3/c1-10(16)14-9-11-4-6-15(7-5-11)13(17)12-3-2-8-18-12/h2-3,8,11H,4-7,9H2,1H3,(H,14,16). The van der Waals surface area contributed by atoms with Gasteiger partial charge in [-0.2, -0.15) is 0 Å². The number of amides is 2. The van der Waals surface area contributed by atoms with Crippen LogP contribution in [0.25, 0.3) is 0 Å². The van der Waals surface area contributed by atoms with Crippen molar-refractivity contribution >= 4 is 11.8 Å². The second kappa shape index (κ2) is 5.71. The lowest BCUT2D eigenvalue weighted by Gasteiger charge is -2.31. The Morgan fingerprint density at radius 2 is 2.17 bits per heavy atom. The molecule has 0 unspecified atom stereocenters. The Kier molecular flexibility index (Phi) is 4.02. The molecule has 2 amide bonds. The first-order chi connectivity index (χ1) is 8.66. The lowest BCUT2D eigenvalue weighted by molar-refractivity contribution is -0.119. The molecule has 0 atom stereocenters. The lowest BCUT2D eigenvalue weighted by atomic mass is 9.96. The molecular formula is C13H18N2O3. The Labute approximate surface area is 106 Å². The zero-order chi connectivity index (χ0) is 13.0. The highest BCUT2D eigenvalue weighted by atomic mass is 16.3. The zero-order valence-electron chi connectivity index (χ0n) is 10.5. The van der Waals surface area contributed by atoms with Gasteiger partial charge in [0.05, 0.1) is 6.26 Å². The van der Waals surface area contributed by atoms with Crippen molar-refractivity contribution in [1.82, 2.24) is 10.2 Å². The summed E-state index contributed by atoms with van der Waals surface area (Å²) in [6.45, 7) is 3.68. The minimum atomic E-state index is -0.0435. The third-order valence-electron chi connectivity index (χ3n) is 3.27. The van der Waals surface area contributed by atoms with Crippen molar-refractivity contribution in [3.05, 3.63) is 24.2 Å². The molecular weight excluding hydrogens is 232 g/mol. The summed E-state index contributed by atoms with van der Waals surface area (Å²) in [5, 5.41) is 2.83. The summed E-state index contributed by atoms with van der Waals surface area (Å²) in [5.74, 6) is 0.826. The predicted octanol–water partition coefficient (Wildman–Crippen LogP) is 1.27. The number of piperidine rings is 1. The second-order valence-corrected chi connectivity index (χ2v) is 4.65. The minimum Gasteiger partial charge on any atom is -0.459 e. The van der Waals surface area contributed by atoms with Gasteiger partial charge < -0.3 is 14.6 Å². The van der Waals surface area contributed by atoms with E-state index in [0.717, 1.165) is 25.9 Å². The first-order valence-electron chi connectivity index (χ1n) is 6.24. The molecule has 0 aromatic carbocycles. The molecule has 18 heavy (non-hydrogen) atoms. The van der Waals surface area contributed by atoms with Crippen LogP contribution in [-0.4, -0.2) is 36.3 Å². The number of rotatable bonds is 3. The average Bonchev–Trinajstić information content (AvgIpc) is 2.90. The number of hydrogen-bond donors (Lipinski definition) is 1. The molecule has 0 bridgehead atoms. The van der Waals surface area contributed by atoms with Gasteiger partial charge in [0.15, 0.2) is 5.76 Å². The number of carbonyl (C=O) groups is 2. The summed E-state index contributed by atoms with van der Waals surface area (Å²) in [4.78, 5) is 24.6. The molecule has 1 aromatic heterocycles. The van der Waals surface area contributed by atoms with E-state index in [1.165, 1.54) is 13.2 Å². The first-order valence-corrected chi connectivity index (χ1v) is 6.24. The molecule has 0 saturated carbocycles. The molecule has 98 valence electrons. The van der Waals surface area contributed by atoms with Crippen molar-refractivity contribution in [2.45, 2.75) is 19.8 Å². The van der Waals surface area contributed by atoms with E-state index < -0.39 is 0 Å². The number of furan rings is 1. The Hall–Kier alpha value is -1.78. The Morgan fingerprint density at radius 1 is 1.44 bits per heavy atom. The first kappa shape index (κ1) is 12.7. The van der Waals surface area contributed by atoms with Crippen LogP contribution in [0.2, 0.25) is 0 Å². The van der Waals surface area contributed by atoms with Crippen LogP contribution in [0.4, 0.5) is 0 Å². The predicted molar refractivity (Wildman–Crippen MR) is 66.0 cm³/mol. The van der Waals surface area contributed by atoms with Crippen molar-refractivity contribution in [3.63, 3.8) is 0 Å². The van der Waals surface area contributed by atoms with Crippen molar-refractivity contribution in [2.24, 2.45) is 5.92 Å². The third-order valence-corrected chi connectivity index (χ3v) is 3.27. The van der Waals surface area contributed by atoms with E-state index in [9.17, 15) is 9.59 Å². The summed E-state index contributed by atoms with van der Waals surface area (Å²) in [6, 6.07) is 3.41. The highest BCUT2D eigenvalue weighted by Gasteiger charge is 2.24. The summed E-state index contributed by atoms with van der Waals surface area (Å²) >= 11 is 0. The second-order valence-electron chi connectivity index (χ2n) is 4.65. The molecule has 2 rings (SSSR count). The molecule has 1 aliphatic rings. The minimum absolute atomic E-state index is 0.00379. The maximum absolute atomic E-state index is 12.0. The van der Waals surface area contributed by atoms with Crippen molar-refractivity contribution in [2.75, 3.05) is 19.6 Å². The van der Waals surface area contributed by atoms with Gasteiger partial charge in [-0.15, -0.1) is 0 Å². The monoisotopic (exact) mass is 250 g/mol. The fraction of sp³-hybridized carbons (Fsp3) is 0.538. The van der Waals surface area contributed by atoms with Gasteiger partial charge in [-0.3, -0.25) is 9.59 Å². The SMILES string of the molecule is CC(=O)NCC1CCN(C(=O)c2ccco2)CC1. The Morgan fingerprint density at radius 3 is 2.72 bits per heavy atom. The number of nitrogens with zero attached hydrogens (tertiary/aromatic N) is 1. The maximum atomic E-state index is 12.0. The zero-order valence-corrected chi connectivity index (χ0v) is 10.5. The molecule has 0 radical (unpaired) electrons. The maximum Gasteiger partial charge on any atom is 0.289 e. The van der Waals surface area contributed by atoms with Crippen molar-refractivity contribution in [1.29, 1.82) is 0 Å². The number of hydrogen-bond acceptors (Lipinski definition) is 3. The largest absolute Gasteiger partial charge is 0.459 e. The van der Waals surface area contributed by atoms with E-state index in [0.29, 0.717) is 18.2 Å². The van der Waals surface area contributed by atoms with Crippen LogP contribution in [0.15, 0.2) is 22.8 Å². The van der Waals surface area contributed by atoms with Gasteiger partial charge in [-0.25, -0.2) is 0 Å². The Bertz CT molecular complexity index is 406. The summed E-state index contributed by atoms with van der Waals surface area (Å²) in [6.07, 6.45) is 3.36. The van der Waals surface area contributed by atoms with E-state index >= 15 is 0 Å². The number of likely N-dealkylation sites (tertiary alicyclic amines) is 1. The van der Waals surface area contributed by atoms with Gasteiger partial charge in [-0.05, 0) is 30.9 Å². The molecule has 1 aliphatic heterocycles. The van der Waals surface area contributed by atoms with E-state index in [1.54, 1.807) is 12.1 Å². The summed E-state index contributed by atoms with van der Waals surface area (Å²) in [7, 11) is 0. The molecule has 5 heteroatoms. The topological polar surface area (TPSA) is 62.6 Å². The number of nitrogens with one attached hydrogen (secondary N) is 1. The van der Waals surface area contributed by atoms with Gasteiger partial charge in [0.1, 0.15) is 0 Å². The van der Waals surface area contributed by atoms with Crippen molar-refractivity contribution < 1.29 is 14.0 Å². The van der Waals surface area contributed by atoms with E-state index in [-0.39, 0.29) is 11.8 Å². The van der Waals surface area contributed by atoms with Gasteiger partial charge in [-0.1, -0.05) is 0 Å². The number of carbonyl (C=O) groups excluding carboxylic acids is 2. The van der Waals surface area contributed by atoms with Crippen molar-refractivity contribution in [3.8, 4) is 0 Å². The molecule has 1 N–H and O–H groups in total. The highest BCUT2D eigenvalue weighted by molar-refractivity contribution is 5.91. The van der Waals surface area contributed by atoms with Crippen LogP contribution in [0, 0.1) is 5.92 Å². The quantitative estimate of drug-likeness (QED) is 0.878. The molecule has 5 nitrogen and oxygen atoms in total. The van der Waals surface area contributed by atoms with E-state index in [1.807, 2.05) is 4.90 Å². The smallest absolute Gasteiger partial charge is 0.289 e. The molecule has 1 fully saturated rings. The molecule has 1 aromatic rings. The Balaban J connectivity index is 1.80. The van der Waals surface area contributed by atoms with Gasteiger partial charge >= 0.3 is 0 Å². The van der Waals surface area contributed by atoms with Crippen LogP contribution in [0.1, 0.15) is 30.3 Å². The fourth-order valence-corrected chi connectivity index (χ4v) is 2.18. The van der Waals surface area contributed by atoms with Gasteiger partial charge in [0, 0.05) is 26.6 Å². The van der Waals surface area contributed by atoms with Crippen LogP contribution < -0.4 is 5.32 Å². The average molecular weight is 250 g/mol. The molecule has 2 heterocycles. The van der Waals surface area contributed by atoms with Gasteiger partial charge in [0.2, 0.25) is 5.91 Å². The third kappa shape index (κ3) is 3.12. The molecule has 0 aliphatic carbocycles. The van der Waals surface area contributed by atoms with E-state index in [2.05, 4.69) is 5.32 Å². The molecule has 1 saturated heterocycles. The van der Waals surface area contributed by atoms with Gasteiger partial charge in [0.25, 0.3) is 5.91 Å². The van der Waals surface area contributed by atoms with Crippen LogP contribution >= 0.6 is 0 Å². The highest BCUT2D eigenvalue weighted by Crippen LogP contribution is 2.18. The lowest BCUT2D eigenvalue weighted by Crippen LogP contribution is -2.41. The fourth-order valence-electron chi connectivity index (χ4n) is 2.18. The van der Waals surface area contributed by atoms with Crippen LogP contribution in [-0.2, 0) is 4.79 Å². The van der Waals surface area contributed by atoms with Crippen LogP contribution in [0.3, 0.4) is 0 Å². The van der Waals surface area contributed by atoms with Crippen LogP contribution in [0.5, 0.6) is 0 Å². The molecule has 0 spiro atoms. The summed E-state index contributed by atoms with van der Waals surface area (Å²) < 4.78 is 5.11. The summed E-state index contributed by atoms with van der Waals surface area (Å²) in [5.41, 5.74) is 0. The van der Waals surface area contributed by atoms with E-state index in [4.69, 9.17) is 4.42 Å². The normalized spacial score (nSPS) is 16.6.